The highest BCUT2D eigenvalue weighted by Gasteiger charge is 2.20. The zero-order valence-corrected chi connectivity index (χ0v) is 12.7. The molecule has 4 nitrogen and oxygen atoms in total. The maximum atomic E-state index is 9.89. The van der Waals surface area contributed by atoms with Gasteiger partial charge in [-0.15, -0.1) is 0 Å². The maximum Gasteiger partial charge on any atom is 0.172 e. The van der Waals surface area contributed by atoms with Gasteiger partial charge in [0.25, 0.3) is 0 Å². The van der Waals surface area contributed by atoms with E-state index in [9.17, 15) is 5.11 Å². The van der Waals surface area contributed by atoms with Crippen molar-refractivity contribution in [3.05, 3.63) is 15.2 Å². The summed E-state index contributed by atoms with van der Waals surface area (Å²) < 4.78 is 2.77. The summed E-state index contributed by atoms with van der Waals surface area (Å²) in [5, 5.41) is 18.9. The highest BCUT2D eigenvalue weighted by atomic mass is 127. The number of unbranched alkanes of at least 4 members (excludes halogenated alkanes) is 1. The number of aryl methyl sites for hydroxylation is 1. The molecule has 1 N–H and O–H groups in total. The quantitative estimate of drug-likeness (QED) is 0.833. The van der Waals surface area contributed by atoms with Gasteiger partial charge in [0.05, 0.1) is 12.1 Å². The molecule has 0 aliphatic carbocycles. The number of hydrogen-bond acceptors (Lipinski definition) is 3. The predicted octanol–water partition coefficient (Wildman–Crippen LogP) is 2.47. The van der Waals surface area contributed by atoms with Crippen molar-refractivity contribution in [1.29, 1.82) is 5.26 Å². The van der Waals surface area contributed by atoms with Crippen LogP contribution in [-0.4, -0.2) is 20.3 Å². The first-order valence-corrected chi connectivity index (χ1v) is 6.84. The van der Waals surface area contributed by atoms with Crippen molar-refractivity contribution in [1.82, 2.24) is 9.55 Å². The van der Waals surface area contributed by atoms with Gasteiger partial charge in [0.1, 0.15) is 15.6 Å². The number of halogens is 1. The lowest BCUT2D eigenvalue weighted by Crippen LogP contribution is -2.27. The molecule has 0 aliphatic rings. The lowest BCUT2D eigenvalue weighted by Gasteiger charge is -2.20. The van der Waals surface area contributed by atoms with E-state index in [4.69, 9.17) is 5.26 Å². The van der Waals surface area contributed by atoms with Gasteiger partial charge in [0.2, 0.25) is 0 Å². The second-order valence-electron chi connectivity index (χ2n) is 4.78. The van der Waals surface area contributed by atoms with Crippen LogP contribution in [0.1, 0.15) is 45.1 Å². The molecule has 0 aromatic carbocycles. The van der Waals surface area contributed by atoms with Crippen LogP contribution in [0.2, 0.25) is 0 Å². The predicted molar refractivity (Wildman–Crippen MR) is 74.6 cm³/mol. The van der Waals surface area contributed by atoms with Crippen LogP contribution >= 0.6 is 22.6 Å². The first kappa shape index (κ1) is 14.5. The van der Waals surface area contributed by atoms with Gasteiger partial charge >= 0.3 is 0 Å². The van der Waals surface area contributed by atoms with E-state index >= 15 is 0 Å². The molecule has 0 saturated heterocycles. The average molecular weight is 347 g/mol. The number of aromatic nitrogens is 2. The minimum atomic E-state index is -0.797. The standard InChI is InChI=1S/C12H18IN3O/c1-4-5-6-10-15-9(7-14)11(13)16(10)8-12(2,3)17/h17H,4-6,8H2,1-3H3. The summed E-state index contributed by atoms with van der Waals surface area (Å²) in [6, 6.07) is 2.10. The molecule has 1 aromatic rings. The summed E-state index contributed by atoms with van der Waals surface area (Å²) in [7, 11) is 0. The highest BCUT2D eigenvalue weighted by Crippen LogP contribution is 2.19. The minimum Gasteiger partial charge on any atom is -0.389 e. The van der Waals surface area contributed by atoms with E-state index in [0.717, 1.165) is 28.8 Å². The Bertz CT molecular complexity index is 426. The monoisotopic (exact) mass is 347 g/mol. The molecule has 0 fully saturated rings. The summed E-state index contributed by atoms with van der Waals surface area (Å²) in [5.74, 6) is 0.898. The van der Waals surface area contributed by atoms with E-state index in [0.29, 0.717) is 12.2 Å². The Morgan fingerprint density at radius 3 is 2.65 bits per heavy atom. The lowest BCUT2D eigenvalue weighted by atomic mass is 10.1. The van der Waals surface area contributed by atoms with E-state index in [1.165, 1.54) is 0 Å². The summed E-state index contributed by atoms with van der Waals surface area (Å²) in [6.45, 7) is 6.12. The maximum absolute atomic E-state index is 9.89. The number of nitrogens with zero attached hydrogens (tertiary/aromatic N) is 3. The molecule has 0 amide bonds. The second-order valence-corrected chi connectivity index (χ2v) is 5.80. The number of imidazole rings is 1. The van der Waals surface area contributed by atoms with Gasteiger partial charge in [-0.25, -0.2) is 4.98 Å². The van der Waals surface area contributed by atoms with Crippen LogP contribution in [0.4, 0.5) is 0 Å². The van der Waals surface area contributed by atoms with Crippen molar-refractivity contribution >= 4 is 22.6 Å². The highest BCUT2D eigenvalue weighted by molar-refractivity contribution is 14.1. The molecule has 0 radical (unpaired) electrons. The third-order valence-electron chi connectivity index (χ3n) is 2.39. The van der Waals surface area contributed by atoms with Gasteiger partial charge in [-0.05, 0) is 42.9 Å². The van der Waals surface area contributed by atoms with Crippen LogP contribution in [0.3, 0.4) is 0 Å². The van der Waals surface area contributed by atoms with Crippen molar-refractivity contribution < 1.29 is 5.11 Å². The smallest absolute Gasteiger partial charge is 0.172 e. The third kappa shape index (κ3) is 3.96. The molecule has 0 unspecified atom stereocenters. The van der Waals surface area contributed by atoms with Crippen LogP contribution in [-0.2, 0) is 13.0 Å². The Morgan fingerprint density at radius 2 is 2.18 bits per heavy atom. The summed E-state index contributed by atoms with van der Waals surface area (Å²) in [5.41, 5.74) is -0.338. The first-order valence-electron chi connectivity index (χ1n) is 5.76. The number of rotatable bonds is 5. The fourth-order valence-electron chi connectivity index (χ4n) is 1.62. The molecule has 0 aliphatic heterocycles. The van der Waals surface area contributed by atoms with E-state index < -0.39 is 5.60 Å². The van der Waals surface area contributed by atoms with E-state index in [1.54, 1.807) is 13.8 Å². The van der Waals surface area contributed by atoms with Crippen molar-refractivity contribution in [2.24, 2.45) is 0 Å². The summed E-state index contributed by atoms with van der Waals surface area (Å²) in [4.78, 5) is 4.33. The van der Waals surface area contributed by atoms with Crippen LogP contribution in [0.5, 0.6) is 0 Å². The molecule has 17 heavy (non-hydrogen) atoms. The molecule has 94 valence electrons. The van der Waals surface area contributed by atoms with Gasteiger partial charge in [0.15, 0.2) is 5.69 Å². The van der Waals surface area contributed by atoms with Gasteiger partial charge in [0, 0.05) is 6.42 Å². The fraction of sp³-hybridized carbons (Fsp3) is 0.667. The van der Waals surface area contributed by atoms with E-state index in [-0.39, 0.29) is 0 Å². The molecule has 1 aromatic heterocycles. The number of nitriles is 1. The Balaban J connectivity index is 3.06. The SMILES string of the molecule is CCCCc1nc(C#N)c(I)n1CC(C)(C)O. The normalized spacial score (nSPS) is 11.5. The molecular weight excluding hydrogens is 329 g/mol. The number of aliphatic hydroxyl groups is 1. The van der Waals surface area contributed by atoms with Gasteiger partial charge < -0.3 is 9.67 Å². The molecule has 0 bridgehead atoms. The topological polar surface area (TPSA) is 61.8 Å². The average Bonchev–Trinajstić information content (AvgIpc) is 2.51. The Morgan fingerprint density at radius 1 is 1.53 bits per heavy atom. The Kier molecular flexibility index (Phi) is 4.95. The third-order valence-corrected chi connectivity index (χ3v) is 3.48. The van der Waals surface area contributed by atoms with Crippen LogP contribution < -0.4 is 0 Å². The van der Waals surface area contributed by atoms with Crippen LogP contribution in [0.15, 0.2) is 0 Å². The molecule has 0 spiro atoms. The van der Waals surface area contributed by atoms with Crippen molar-refractivity contribution in [2.75, 3.05) is 0 Å². The van der Waals surface area contributed by atoms with Crippen LogP contribution in [0, 0.1) is 15.0 Å². The summed E-state index contributed by atoms with van der Waals surface area (Å²) in [6.07, 6.45) is 2.99. The molecule has 0 saturated carbocycles. The minimum absolute atomic E-state index is 0.459. The van der Waals surface area contributed by atoms with Crippen molar-refractivity contribution in [2.45, 2.75) is 52.2 Å². The van der Waals surface area contributed by atoms with Crippen molar-refractivity contribution in [3.8, 4) is 6.07 Å². The first-order chi connectivity index (χ1) is 7.89. The molecule has 1 heterocycles. The van der Waals surface area contributed by atoms with Gasteiger partial charge in [-0.1, -0.05) is 13.3 Å². The second kappa shape index (κ2) is 5.83. The Labute approximate surface area is 116 Å². The van der Waals surface area contributed by atoms with Gasteiger partial charge in [-0.3, -0.25) is 0 Å². The van der Waals surface area contributed by atoms with E-state index in [2.05, 4.69) is 40.6 Å². The van der Waals surface area contributed by atoms with Crippen molar-refractivity contribution in [3.63, 3.8) is 0 Å². The number of hydrogen-bond donors (Lipinski definition) is 1. The largest absolute Gasteiger partial charge is 0.389 e. The lowest BCUT2D eigenvalue weighted by molar-refractivity contribution is 0.0598. The Hall–Kier alpha value is -0.610. The van der Waals surface area contributed by atoms with Crippen LogP contribution in [0.25, 0.3) is 0 Å². The zero-order valence-electron chi connectivity index (χ0n) is 10.5. The van der Waals surface area contributed by atoms with Gasteiger partial charge in [-0.2, -0.15) is 5.26 Å². The zero-order chi connectivity index (χ0) is 13.1. The molecule has 0 atom stereocenters. The van der Waals surface area contributed by atoms with E-state index in [1.807, 2.05) is 4.57 Å². The fourth-order valence-corrected chi connectivity index (χ4v) is 2.31. The molecule has 5 heteroatoms. The molecule has 1 rings (SSSR count). The summed E-state index contributed by atoms with van der Waals surface area (Å²) >= 11 is 2.12. The molecular formula is C12H18IN3O.